The lowest BCUT2D eigenvalue weighted by Gasteiger charge is -2.06. The third kappa shape index (κ3) is 3.22. The van der Waals surface area contributed by atoms with Crippen molar-refractivity contribution in [3.05, 3.63) is 52.5 Å². The molecule has 0 atom stereocenters. The van der Waals surface area contributed by atoms with Crippen LogP contribution in [0.25, 0.3) is 10.2 Å². The zero-order valence-corrected chi connectivity index (χ0v) is 13.4. The van der Waals surface area contributed by atoms with Gasteiger partial charge in [-0.2, -0.15) is 0 Å². The molecule has 0 saturated carbocycles. The first-order valence-corrected chi connectivity index (χ1v) is 7.92. The van der Waals surface area contributed by atoms with Gasteiger partial charge in [0.2, 0.25) is 5.91 Å². The van der Waals surface area contributed by atoms with Crippen LogP contribution >= 0.6 is 27.3 Å². The van der Waals surface area contributed by atoms with Gasteiger partial charge in [0.25, 0.3) is 0 Å². The predicted molar refractivity (Wildman–Crippen MR) is 90.5 cm³/mol. The Balaban J connectivity index is 1.80. The molecule has 3 N–H and O–H groups in total. The summed E-state index contributed by atoms with van der Waals surface area (Å²) >= 11 is 4.85. The normalized spacial score (nSPS) is 10.7. The fourth-order valence-corrected chi connectivity index (χ4v) is 3.54. The number of rotatable bonds is 3. The van der Waals surface area contributed by atoms with E-state index >= 15 is 0 Å². The molecule has 0 spiro atoms. The molecule has 2 aromatic carbocycles. The zero-order valence-electron chi connectivity index (χ0n) is 11.0. The summed E-state index contributed by atoms with van der Waals surface area (Å²) in [5.74, 6) is -0.0510. The summed E-state index contributed by atoms with van der Waals surface area (Å²) in [4.78, 5) is 16.3. The van der Waals surface area contributed by atoms with Crippen LogP contribution in [0.4, 0.5) is 10.8 Å². The Labute approximate surface area is 134 Å². The molecule has 0 aliphatic carbocycles. The summed E-state index contributed by atoms with van der Waals surface area (Å²) in [5, 5.41) is 3.41. The van der Waals surface area contributed by atoms with Crippen LogP contribution in [0.1, 0.15) is 5.56 Å². The average molecular weight is 362 g/mol. The lowest BCUT2D eigenvalue weighted by atomic mass is 10.1. The molecule has 0 saturated heterocycles. The minimum absolute atomic E-state index is 0.0510. The molecule has 106 valence electrons. The number of carbonyl (C=O) groups is 1. The van der Waals surface area contributed by atoms with Crippen LogP contribution in [0.3, 0.4) is 0 Å². The van der Waals surface area contributed by atoms with Gasteiger partial charge < -0.3 is 11.1 Å². The fraction of sp³-hybridized carbons (Fsp3) is 0.0667. The topological polar surface area (TPSA) is 68.0 Å². The molecule has 4 nitrogen and oxygen atoms in total. The Morgan fingerprint density at radius 3 is 2.81 bits per heavy atom. The third-order valence-corrected chi connectivity index (χ3v) is 4.39. The largest absolute Gasteiger partial charge is 0.375 e. The quantitative estimate of drug-likeness (QED) is 0.744. The van der Waals surface area contributed by atoms with Crippen LogP contribution in [0.15, 0.2) is 46.9 Å². The van der Waals surface area contributed by atoms with E-state index in [2.05, 4.69) is 26.2 Å². The van der Waals surface area contributed by atoms with Gasteiger partial charge in [0, 0.05) is 10.2 Å². The second-order valence-corrected chi connectivity index (χ2v) is 6.48. The summed E-state index contributed by atoms with van der Waals surface area (Å²) in [6.07, 6.45) is 0.349. The van der Waals surface area contributed by atoms with Crippen molar-refractivity contribution in [1.82, 2.24) is 4.98 Å². The number of thiazole rings is 1. The number of carbonyl (C=O) groups excluding carboxylic acids is 1. The van der Waals surface area contributed by atoms with Crippen LogP contribution in [-0.4, -0.2) is 10.9 Å². The van der Waals surface area contributed by atoms with Gasteiger partial charge in [-0.1, -0.05) is 41.7 Å². The lowest BCUT2D eigenvalue weighted by Crippen LogP contribution is -2.14. The Morgan fingerprint density at radius 1 is 1.29 bits per heavy atom. The van der Waals surface area contributed by atoms with Gasteiger partial charge in [0.05, 0.1) is 16.6 Å². The minimum Gasteiger partial charge on any atom is -0.375 e. The first-order chi connectivity index (χ1) is 10.1. The number of nitrogens with zero attached hydrogens (tertiary/aromatic N) is 1. The van der Waals surface area contributed by atoms with Crippen molar-refractivity contribution in [2.24, 2.45) is 0 Å². The van der Waals surface area contributed by atoms with Gasteiger partial charge in [0.1, 0.15) is 0 Å². The first kappa shape index (κ1) is 14.0. The van der Waals surface area contributed by atoms with Crippen molar-refractivity contribution in [3.63, 3.8) is 0 Å². The number of nitrogens with one attached hydrogen (secondary N) is 1. The SMILES string of the molecule is Nc1nc2c(Br)cc(NC(=O)Cc3ccccc3)cc2s1. The predicted octanol–water partition coefficient (Wildman–Crippen LogP) is 3.82. The second kappa shape index (κ2) is 5.83. The van der Waals surface area contributed by atoms with E-state index in [0.29, 0.717) is 11.6 Å². The van der Waals surface area contributed by atoms with Crippen LogP contribution < -0.4 is 11.1 Å². The maximum absolute atomic E-state index is 12.1. The van der Waals surface area contributed by atoms with E-state index in [1.165, 1.54) is 11.3 Å². The Hall–Kier alpha value is -1.92. The van der Waals surface area contributed by atoms with Crippen LogP contribution in [0, 0.1) is 0 Å². The first-order valence-electron chi connectivity index (χ1n) is 6.31. The standard InChI is InChI=1S/C15H12BrN3OS/c16-11-7-10(8-12-14(11)19-15(17)21-12)18-13(20)6-9-4-2-1-3-5-9/h1-5,7-8H,6H2,(H2,17,19)(H,18,20). The molecule has 0 unspecified atom stereocenters. The molecule has 1 amide bonds. The van der Waals surface area contributed by atoms with Crippen LogP contribution in [0.2, 0.25) is 0 Å². The number of nitrogen functional groups attached to an aromatic ring is 1. The number of nitrogens with two attached hydrogens (primary N) is 1. The van der Waals surface area contributed by atoms with Gasteiger partial charge >= 0.3 is 0 Å². The molecule has 0 fully saturated rings. The van der Waals surface area contributed by atoms with Gasteiger partial charge in [0.15, 0.2) is 5.13 Å². The average Bonchev–Trinajstić information content (AvgIpc) is 2.81. The van der Waals surface area contributed by atoms with E-state index in [4.69, 9.17) is 5.73 Å². The monoisotopic (exact) mass is 361 g/mol. The highest BCUT2D eigenvalue weighted by molar-refractivity contribution is 9.10. The third-order valence-electron chi connectivity index (χ3n) is 2.96. The number of hydrogen-bond acceptors (Lipinski definition) is 4. The van der Waals surface area contributed by atoms with E-state index in [9.17, 15) is 4.79 Å². The van der Waals surface area contributed by atoms with Crippen LogP contribution in [0.5, 0.6) is 0 Å². The van der Waals surface area contributed by atoms with E-state index in [1.807, 2.05) is 42.5 Å². The number of amides is 1. The molecule has 3 rings (SSSR count). The molecule has 0 radical (unpaired) electrons. The molecular weight excluding hydrogens is 350 g/mol. The molecule has 1 heterocycles. The Bertz CT molecular complexity index is 801. The zero-order chi connectivity index (χ0) is 14.8. The second-order valence-electron chi connectivity index (χ2n) is 4.57. The molecule has 0 aliphatic heterocycles. The van der Waals surface area contributed by atoms with Gasteiger partial charge in [-0.15, -0.1) is 0 Å². The van der Waals surface area contributed by atoms with Crippen molar-refractivity contribution in [1.29, 1.82) is 0 Å². The fourth-order valence-electron chi connectivity index (χ4n) is 2.06. The summed E-state index contributed by atoms with van der Waals surface area (Å²) in [5.41, 5.74) is 8.25. The molecular formula is C15H12BrN3OS. The molecule has 6 heteroatoms. The smallest absolute Gasteiger partial charge is 0.228 e. The number of hydrogen-bond donors (Lipinski definition) is 2. The van der Waals surface area contributed by atoms with E-state index < -0.39 is 0 Å². The lowest BCUT2D eigenvalue weighted by molar-refractivity contribution is -0.115. The van der Waals surface area contributed by atoms with Crippen molar-refractivity contribution in [2.45, 2.75) is 6.42 Å². The maximum Gasteiger partial charge on any atom is 0.228 e. The number of anilines is 2. The highest BCUT2D eigenvalue weighted by atomic mass is 79.9. The van der Waals surface area contributed by atoms with E-state index in [1.54, 1.807) is 0 Å². The van der Waals surface area contributed by atoms with Gasteiger partial charge in [-0.05, 0) is 33.6 Å². The molecule has 0 bridgehead atoms. The molecule has 21 heavy (non-hydrogen) atoms. The number of halogens is 1. The number of aromatic nitrogens is 1. The molecule has 1 aromatic heterocycles. The van der Waals surface area contributed by atoms with Gasteiger partial charge in [-0.25, -0.2) is 4.98 Å². The molecule has 0 aliphatic rings. The highest BCUT2D eigenvalue weighted by Gasteiger charge is 2.10. The minimum atomic E-state index is -0.0510. The molecule has 3 aromatic rings. The summed E-state index contributed by atoms with van der Waals surface area (Å²) in [7, 11) is 0. The highest BCUT2D eigenvalue weighted by Crippen LogP contribution is 2.32. The Morgan fingerprint density at radius 2 is 2.05 bits per heavy atom. The van der Waals surface area contributed by atoms with E-state index in [-0.39, 0.29) is 5.91 Å². The summed E-state index contributed by atoms with van der Waals surface area (Å²) in [6.45, 7) is 0. The van der Waals surface area contributed by atoms with Gasteiger partial charge in [-0.3, -0.25) is 4.79 Å². The Kier molecular flexibility index (Phi) is 3.90. The van der Waals surface area contributed by atoms with Crippen molar-refractivity contribution in [3.8, 4) is 0 Å². The number of fused-ring (bicyclic) bond motifs is 1. The number of benzene rings is 2. The summed E-state index contributed by atoms with van der Waals surface area (Å²) < 4.78 is 1.76. The maximum atomic E-state index is 12.1. The van der Waals surface area contributed by atoms with Crippen molar-refractivity contribution in [2.75, 3.05) is 11.1 Å². The summed E-state index contributed by atoms with van der Waals surface area (Å²) in [6, 6.07) is 13.4. The van der Waals surface area contributed by atoms with Crippen molar-refractivity contribution >= 4 is 54.2 Å². The van der Waals surface area contributed by atoms with E-state index in [0.717, 1.165) is 25.9 Å². The van der Waals surface area contributed by atoms with Crippen LogP contribution in [-0.2, 0) is 11.2 Å². The van der Waals surface area contributed by atoms with Crippen molar-refractivity contribution < 1.29 is 4.79 Å².